The number of pyridine rings is 1. The van der Waals surface area contributed by atoms with Gasteiger partial charge in [-0.2, -0.15) is 0 Å². The number of carbonyl (C=O) groups excluding carboxylic acids is 1. The van der Waals surface area contributed by atoms with Gasteiger partial charge < -0.3 is 15.5 Å². The maximum Gasteiger partial charge on any atom is 0.225 e. The van der Waals surface area contributed by atoms with E-state index in [2.05, 4.69) is 47.4 Å². The Balaban J connectivity index is 1.57. The molecule has 2 atom stereocenters. The van der Waals surface area contributed by atoms with E-state index in [0.717, 1.165) is 51.4 Å². The van der Waals surface area contributed by atoms with E-state index < -0.39 is 0 Å². The number of amides is 1. The second-order valence-corrected chi connectivity index (χ2v) is 9.11. The molecule has 6 nitrogen and oxygen atoms in total. The SMILES string of the molecule is CCNC(=NCC(c1cccnc1)C(C)C)NC1CCN(C(=O)C2CCCCC2)C1. The number of guanidine groups is 1. The van der Waals surface area contributed by atoms with Crippen LogP contribution in [0, 0.1) is 11.8 Å². The molecule has 1 saturated carbocycles. The van der Waals surface area contributed by atoms with Crippen LogP contribution in [0.2, 0.25) is 0 Å². The summed E-state index contributed by atoms with van der Waals surface area (Å²) >= 11 is 0. The first-order valence-corrected chi connectivity index (χ1v) is 11.8. The van der Waals surface area contributed by atoms with Crippen molar-refractivity contribution in [3.8, 4) is 0 Å². The average molecular weight is 414 g/mol. The largest absolute Gasteiger partial charge is 0.357 e. The number of hydrogen-bond acceptors (Lipinski definition) is 3. The van der Waals surface area contributed by atoms with Crippen molar-refractivity contribution < 1.29 is 4.79 Å². The lowest BCUT2D eigenvalue weighted by Gasteiger charge is -2.26. The zero-order valence-electron chi connectivity index (χ0n) is 18.9. The van der Waals surface area contributed by atoms with Gasteiger partial charge in [-0.3, -0.25) is 14.8 Å². The zero-order chi connectivity index (χ0) is 21.3. The predicted molar refractivity (Wildman–Crippen MR) is 122 cm³/mol. The van der Waals surface area contributed by atoms with Crippen molar-refractivity contribution >= 4 is 11.9 Å². The lowest BCUT2D eigenvalue weighted by Crippen LogP contribution is -2.45. The Labute approximate surface area is 181 Å². The van der Waals surface area contributed by atoms with E-state index in [9.17, 15) is 4.79 Å². The molecule has 30 heavy (non-hydrogen) atoms. The standard InChI is InChI=1S/C24H39N5O/c1-4-26-24(27-16-22(18(2)3)20-11-8-13-25-15-20)28-21-12-14-29(17-21)23(30)19-9-6-5-7-10-19/h8,11,13,15,18-19,21-22H,4-7,9-10,12,14,16-17H2,1-3H3,(H2,26,27,28). The highest BCUT2D eigenvalue weighted by Crippen LogP contribution is 2.27. The Kier molecular flexibility index (Phi) is 8.52. The fourth-order valence-corrected chi connectivity index (χ4v) is 4.69. The number of aromatic nitrogens is 1. The maximum atomic E-state index is 12.9. The second-order valence-electron chi connectivity index (χ2n) is 9.11. The summed E-state index contributed by atoms with van der Waals surface area (Å²) in [5.41, 5.74) is 1.23. The third-order valence-corrected chi connectivity index (χ3v) is 6.50. The van der Waals surface area contributed by atoms with Crippen LogP contribution < -0.4 is 10.6 Å². The van der Waals surface area contributed by atoms with Gasteiger partial charge in [-0.05, 0) is 43.7 Å². The molecule has 6 heteroatoms. The van der Waals surface area contributed by atoms with E-state index in [1.54, 1.807) is 0 Å². The monoisotopic (exact) mass is 413 g/mol. The van der Waals surface area contributed by atoms with Gasteiger partial charge in [0.25, 0.3) is 0 Å². The molecule has 2 N–H and O–H groups in total. The van der Waals surface area contributed by atoms with E-state index >= 15 is 0 Å². The van der Waals surface area contributed by atoms with Crippen molar-refractivity contribution in [1.82, 2.24) is 20.5 Å². The fraction of sp³-hybridized carbons (Fsp3) is 0.708. The molecular formula is C24H39N5O. The molecule has 0 bridgehead atoms. The van der Waals surface area contributed by atoms with Crippen molar-refractivity contribution in [2.75, 3.05) is 26.2 Å². The van der Waals surface area contributed by atoms with Crippen LogP contribution in [0.5, 0.6) is 0 Å². The second kappa shape index (κ2) is 11.3. The Bertz CT molecular complexity index is 684. The van der Waals surface area contributed by atoms with Crippen LogP contribution in [-0.4, -0.2) is 54.0 Å². The lowest BCUT2D eigenvalue weighted by molar-refractivity contribution is -0.135. The fourth-order valence-electron chi connectivity index (χ4n) is 4.69. The van der Waals surface area contributed by atoms with E-state index in [4.69, 9.17) is 4.99 Å². The van der Waals surface area contributed by atoms with Crippen LogP contribution in [0.15, 0.2) is 29.5 Å². The first-order valence-electron chi connectivity index (χ1n) is 11.8. The number of hydrogen-bond donors (Lipinski definition) is 2. The van der Waals surface area contributed by atoms with Crippen molar-refractivity contribution in [2.24, 2.45) is 16.8 Å². The van der Waals surface area contributed by atoms with Crippen molar-refractivity contribution in [2.45, 2.75) is 71.3 Å². The predicted octanol–water partition coefficient (Wildman–Crippen LogP) is 3.56. The molecule has 2 aliphatic rings. The van der Waals surface area contributed by atoms with Crippen molar-refractivity contribution in [3.05, 3.63) is 30.1 Å². The third-order valence-electron chi connectivity index (χ3n) is 6.50. The molecule has 1 aromatic rings. The zero-order valence-corrected chi connectivity index (χ0v) is 18.9. The van der Waals surface area contributed by atoms with Gasteiger partial charge in [-0.25, -0.2) is 0 Å². The molecule has 1 aliphatic heterocycles. The smallest absolute Gasteiger partial charge is 0.225 e. The number of rotatable bonds is 7. The van der Waals surface area contributed by atoms with Crippen LogP contribution in [0.4, 0.5) is 0 Å². The van der Waals surface area contributed by atoms with Gasteiger partial charge in [0.1, 0.15) is 0 Å². The molecular weight excluding hydrogens is 374 g/mol. The average Bonchev–Trinajstić information content (AvgIpc) is 3.23. The maximum absolute atomic E-state index is 12.9. The van der Waals surface area contributed by atoms with Crippen LogP contribution in [0.25, 0.3) is 0 Å². The van der Waals surface area contributed by atoms with Crippen LogP contribution in [-0.2, 0) is 4.79 Å². The minimum atomic E-state index is 0.255. The lowest BCUT2D eigenvalue weighted by atomic mass is 9.88. The number of aliphatic imine (C=N–C) groups is 1. The molecule has 166 valence electrons. The highest BCUT2D eigenvalue weighted by Gasteiger charge is 2.31. The third kappa shape index (κ3) is 6.19. The van der Waals surface area contributed by atoms with Gasteiger partial charge in [0, 0.05) is 56.5 Å². The van der Waals surface area contributed by atoms with Crippen LogP contribution in [0.3, 0.4) is 0 Å². The first-order chi connectivity index (χ1) is 14.6. The van der Waals surface area contributed by atoms with E-state index in [1.165, 1.54) is 24.8 Å². The number of nitrogens with one attached hydrogen (secondary N) is 2. The molecule has 2 heterocycles. The Morgan fingerprint density at radius 3 is 2.73 bits per heavy atom. The van der Waals surface area contributed by atoms with Gasteiger partial charge >= 0.3 is 0 Å². The summed E-state index contributed by atoms with van der Waals surface area (Å²) in [4.78, 5) is 24.1. The van der Waals surface area contributed by atoms with Gasteiger partial charge in [-0.1, -0.05) is 39.2 Å². The Hall–Kier alpha value is -2.11. The normalized spacial score (nSPS) is 21.7. The molecule has 2 fully saturated rings. The minimum Gasteiger partial charge on any atom is -0.357 e. The van der Waals surface area contributed by atoms with E-state index in [-0.39, 0.29) is 12.0 Å². The molecule has 2 unspecified atom stereocenters. The molecule has 1 aliphatic carbocycles. The summed E-state index contributed by atoms with van der Waals surface area (Å²) in [7, 11) is 0. The molecule has 1 saturated heterocycles. The summed E-state index contributed by atoms with van der Waals surface area (Å²) < 4.78 is 0. The van der Waals surface area contributed by atoms with Crippen molar-refractivity contribution in [1.29, 1.82) is 0 Å². The summed E-state index contributed by atoms with van der Waals surface area (Å²) in [6.45, 7) is 9.75. The van der Waals surface area contributed by atoms with E-state index in [1.807, 2.05) is 18.5 Å². The summed E-state index contributed by atoms with van der Waals surface area (Å²) in [5.74, 6) is 2.30. The topological polar surface area (TPSA) is 69.6 Å². The van der Waals surface area contributed by atoms with Crippen LogP contribution >= 0.6 is 0 Å². The Morgan fingerprint density at radius 2 is 2.07 bits per heavy atom. The van der Waals surface area contributed by atoms with Gasteiger partial charge in [0.15, 0.2) is 5.96 Å². The summed E-state index contributed by atoms with van der Waals surface area (Å²) in [5, 5.41) is 6.96. The first kappa shape index (κ1) is 22.6. The molecule has 3 rings (SSSR count). The quantitative estimate of drug-likeness (QED) is 0.530. The van der Waals surface area contributed by atoms with E-state index in [0.29, 0.717) is 17.7 Å². The molecule has 1 aromatic heterocycles. The molecule has 0 radical (unpaired) electrons. The highest BCUT2D eigenvalue weighted by molar-refractivity contribution is 5.81. The highest BCUT2D eigenvalue weighted by atomic mass is 16.2. The summed E-state index contributed by atoms with van der Waals surface area (Å²) in [6.07, 6.45) is 10.6. The molecule has 1 amide bonds. The molecule has 0 aromatic carbocycles. The van der Waals surface area contributed by atoms with Gasteiger partial charge in [-0.15, -0.1) is 0 Å². The van der Waals surface area contributed by atoms with Crippen LogP contribution in [0.1, 0.15) is 70.8 Å². The summed E-state index contributed by atoms with van der Waals surface area (Å²) in [6, 6.07) is 4.40. The number of nitrogens with zero attached hydrogens (tertiary/aromatic N) is 3. The van der Waals surface area contributed by atoms with Crippen molar-refractivity contribution in [3.63, 3.8) is 0 Å². The molecule has 0 spiro atoms. The number of likely N-dealkylation sites (tertiary alicyclic amines) is 1. The number of carbonyl (C=O) groups is 1. The Morgan fingerprint density at radius 1 is 1.27 bits per heavy atom. The van der Waals surface area contributed by atoms with Gasteiger partial charge in [0.2, 0.25) is 5.91 Å². The minimum absolute atomic E-state index is 0.255. The van der Waals surface area contributed by atoms with Gasteiger partial charge in [0.05, 0.1) is 0 Å².